The van der Waals surface area contributed by atoms with Crippen LogP contribution in [0.3, 0.4) is 0 Å². The molecule has 0 saturated carbocycles. The zero-order chi connectivity index (χ0) is 14.3. The Morgan fingerprint density at radius 1 is 1.25 bits per heavy atom. The third-order valence-corrected chi connectivity index (χ3v) is 3.46. The molecule has 0 atom stereocenters. The molecule has 3 rings (SSSR count). The summed E-state index contributed by atoms with van der Waals surface area (Å²) >= 11 is 6.16. The summed E-state index contributed by atoms with van der Waals surface area (Å²) in [6.07, 6.45) is 1.59. The zero-order valence-electron chi connectivity index (χ0n) is 10.7. The van der Waals surface area contributed by atoms with E-state index in [1.54, 1.807) is 25.4 Å². The Hall–Kier alpha value is -2.40. The Morgan fingerprint density at radius 3 is 2.75 bits per heavy atom. The van der Waals surface area contributed by atoms with E-state index in [-0.39, 0.29) is 11.5 Å². The smallest absolute Gasteiger partial charge is 0.259 e. The largest absolute Gasteiger partial charge is 0.368 e. The predicted octanol–water partition coefficient (Wildman–Crippen LogP) is 2.23. The third kappa shape index (κ3) is 1.92. The topological polar surface area (TPSA) is 73.8 Å². The summed E-state index contributed by atoms with van der Waals surface area (Å²) in [5.74, 6) is 0.137. The lowest BCUT2D eigenvalue weighted by Crippen LogP contribution is -2.20. The third-order valence-electron chi connectivity index (χ3n) is 3.13. The molecule has 0 spiro atoms. The highest BCUT2D eigenvalue weighted by atomic mass is 35.5. The van der Waals surface area contributed by atoms with Gasteiger partial charge in [0.15, 0.2) is 0 Å². The molecule has 2 aromatic heterocycles. The summed E-state index contributed by atoms with van der Waals surface area (Å²) in [6.45, 7) is 0. The van der Waals surface area contributed by atoms with Gasteiger partial charge in [-0.05, 0) is 12.1 Å². The zero-order valence-corrected chi connectivity index (χ0v) is 11.4. The van der Waals surface area contributed by atoms with Crippen molar-refractivity contribution in [3.8, 4) is 11.1 Å². The summed E-state index contributed by atoms with van der Waals surface area (Å²) < 4.78 is 1.45. The molecule has 1 aromatic carbocycles. The molecule has 0 fully saturated rings. The van der Waals surface area contributed by atoms with Gasteiger partial charge in [0.1, 0.15) is 5.65 Å². The van der Waals surface area contributed by atoms with Gasteiger partial charge in [-0.15, -0.1) is 0 Å². The predicted molar refractivity (Wildman–Crippen MR) is 79.6 cm³/mol. The van der Waals surface area contributed by atoms with Crippen LogP contribution in [0.2, 0.25) is 5.02 Å². The highest BCUT2D eigenvalue weighted by molar-refractivity contribution is 6.33. The van der Waals surface area contributed by atoms with Crippen molar-refractivity contribution in [1.82, 2.24) is 14.5 Å². The van der Waals surface area contributed by atoms with E-state index in [2.05, 4.69) is 9.97 Å². The molecule has 2 N–H and O–H groups in total. The fourth-order valence-corrected chi connectivity index (χ4v) is 2.37. The minimum Gasteiger partial charge on any atom is -0.368 e. The van der Waals surface area contributed by atoms with Crippen molar-refractivity contribution in [1.29, 1.82) is 0 Å². The van der Waals surface area contributed by atoms with Gasteiger partial charge < -0.3 is 5.73 Å². The van der Waals surface area contributed by atoms with Crippen LogP contribution in [0.25, 0.3) is 22.2 Å². The van der Waals surface area contributed by atoms with Gasteiger partial charge in [-0.25, -0.2) is 4.98 Å². The number of hydrogen-bond acceptors (Lipinski definition) is 4. The van der Waals surface area contributed by atoms with E-state index in [1.807, 2.05) is 18.2 Å². The number of rotatable bonds is 1. The summed E-state index contributed by atoms with van der Waals surface area (Å²) in [6, 6.07) is 8.95. The number of nitrogen functional groups attached to an aromatic ring is 1. The molecule has 0 unspecified atom stereocenters. The maximum absolute atomic E-state index is 12.4. The van der Waals surface area contributed by atoms with Crippen molar-refractivity contribution in [3.05, 3.63) is 51.9 Å². The fourth-order valence-electron chi connectivity index (χ4n) is 2.13. The number of hydrogen-bond donors (Lipinski definition) is 1. The Balaban J connectivity index is 2.39. The van der Waals surface area contributed by atoms with Crippen LogP contribution in [-0.2, 0) is 7.05 Å². The molecule has 100 valence electrons. The van der Waals surface area contributed by atoms with E-state index in [4.69, 9.17) is 17.3 Å². The molecule has 0 radical (unpaired) electrons. The Bertz CT molecular complexity index is 873. The molecule has 0 aliphatic carbocycles. The normalized spacial score (nSPS) is 10.9. The number of nitrogens with two attached hydrogens (primary N) is 1. The van der Waals surface area contributed by atoms with E-state index in [9.17, 15) is 4.79 Å². The molecule has 3 aromatic rings. The molecule has 2 heterocycles. The lowest BCUT2D eigenvalue weighted by atomic mass is 10.1. The summed E-state index contributed by atoms with van der Waals surface area (Å²) in [4.78, 5) is 20.5. The van der Waals surface area contributed by atoms with Crippen molar-refractivity contribution in [2.75, 3.05) is 5.73 Å². The van der Waals surface area contributed by atoms with E-state index in [0.29, 0.717) is 21.8 Å². The SMILES string of the molecule is Cn1c(=O)c(-c2ccccc2Cl)cc2cnc(N)nc21. The number of fused-ring (bicyclic) bond motifs is 1. The molecule has 20 heavy (non-hydrogen) atoms. The van der Waals surface area contributed by atoms with Crippen LogP contribution in [0.4, 0.5) is 5.95 Å². The average Bonchev–Trinajstić information content (AvgIpc) is 2.44. The van der Waals surface area contributed by atoms with Gasteiger partial charge in [0.2, 0.25) is 5.95 Å². The van der Waals surface area contributed by atoms with Crippen LogP contribution >= 0.6 is 11.6 Å². The summed E-state index contributed by atoms with van der Waals surface area (Å²) in [5.41, 5.74) is 7.08. The number of aromatic nitrogens is 3. The average molecular weight is 287 g/mol. The first-order valence-corrected chi connectivity index (χ1v) is 6.33. The van der Waals surface area contributed by atoms with Crippen molar-refractivity contribution in [2.24, 2.45) is 7.05 Å². The first kappa shape index (κ1) is 12.6. The van der Waals surface area contributed by atoms with Crippen LogP contribution in [0.15, 0.2) is 41.3 Å². The van der Waals surface area contributed by atoms with Gasteiger partial charge in [0, 0.05) is 34.8 Å². The van der Waals surface area contributed by atoms with Gasteiger partial charge >= 0.3 is 0 Å². The van der Waals surface area contributed by atoms with E-state index >= 15 is 0 Å². The molecule has 0 saturated heterocycles. The Kier molecular flexibility index (Phi) is 2.91. The fraction of sp³-hybridized carbons (Fsp3) is 0.0714. The second-order valence-corrected chi connectivity index (χ2v) is 4.82. The van der Waals surface area contributed by atoms with E-state index < -0.39 is 0 Å². The van der Waals surface area contributed by atoms with Crippen LogP contribution in [0.5, 0.6) is 0 Å². The van der Waals surface area contributed by atoms with Gasteiger partial charge in [0.25, 0.3) is 5.56 Å². The summed E-state index contributed by atoms with van der Waals surface area (Å²) in [7, 11) is 1.65. The minimum atomic E-state index is -0.177. The van der Waals surface area contributed by atoms with Crippen molar-refractivity contribution >= 4 is 28.6 Å². The second-order valence-electron chi connectivity index (χ2n) is 4.41. The van der Waals surface area contributed by atoms with Gasteiger partial charge in [-0.1, -0.05) is 29.8 Å². The van der Waals surface area contributed by atoms with Gasteiger partial charge in [-0.3, -0.25) is 9.36 Å². The second kappa shape index (κ2) is 4.61. The molecule has 6 heteroatoms. The number of aryl methyl sites for hydroxylation is 1. The van der Waals surface area contributed by atoms with Gasteiger partial charge in [-0.2, -0.15) is 4.98 Å². The van der Waals surface area contributed by atoms with E-state index in [1.165, 1.54) is 4.57 Å². The van der Waals surface area contributed by atoms with Crippen LogP contribution in [-0.4, -0.2) is 14.5 Å². The lowest BCUT2D eigenvalue weighted by molar-refractivity contribution is 0.887. The molecule has 0 amide bonds. The standard InChI is InChI=1S/C14H11ClN4O/c1-19-12-8(7-17-14(16)18-12)6-10(13(19)20)9-4-2-3-5-11(9)15/h2-7H,1H3,(H2,16,17,18). The van der Waals surface area contributed by atoms with Crippen molar-refractivity contribution in [3.63, 3.8) is 0 Å². The highest BCUT2D eigenvalue weighted by Gasteiger charge is 2.12. The maximum Gasteiger partial charge on any atom is 0.259 e. The lowest BCUT2D eigenvalue weighted by Gasteiger charge is -2.09. The van der Waals surface area contributed by atoms with Crippen LogP contribution in [0.1, 0.15) is 0 Å². The monoisotopic (exact) mass is 286 g/mol. The number of benzene rings is 1. The molecule has 0 aliphatic heterocycles. The first-order valence-electron chi connectivity index (χ1n) is 5.95. The molecular formula is C14H11ClN4O. The molecular weight excluding hydrogens is 276 g/mol. The summed E-state index contributed by atoms with van der Waals surface area (Å²) in [5, 5.41) is 1.26. The van der Waals surface area contributed by atoms with Gasteiger partial charge in [0.05, 0.1) is 0 Å². The Labute approximate surface area is 119 Å². The van der Waals surface area contributed by atoms with E-state index in [0.717, 1.165) is 5.39 Å². The Morgan fingerprint density at radius 2 is 2.00 bits per heavy atom. The van der Waals surface area contributed by atoms with Crippen molar-refractivity contribution in [2.45, 2.75) is 0 Å². The maximum atomic E-state index is 12.4. The highest BCUT2D eigenvalue weighted by Crippen LogP contribution is 2.26. The van der Waals surface area contributed by atoms with Crippen LogP contribution < -0.4 is 11.3 Å². The number of halogens is 1. The number of anilines is 1. The quantitative estimate of drug-likeness (QED) is 0.744. The number of nitrogens with zero attached hydrogens (tertiary/aromatic N) is 3. The van der Waals surface area contributed by atoms with Crippen molar-refractivity contribution < 1.29 is 0 Å². The molecule has 0 bridgehead atoms. The first-order chi connectivity index (χ1) is 9.58. The molecule has 0 aliphatic rings. The minimum absolute atomic E-state index is 0.137. The number of pyridine rings is 1. The molecule has 5 nitrogen and oxygen atoms in total. The van der Waals surface area contributed by atoms with Crippen LogP contribution in [0, 0.1) is 0 Å².